The summed E-state index contributed by atoms with van der Waals surface area (Å²) in [6, 6.07) is 13.8. The minimum Gasteiger partial charge on any atom is -0.491 e. The molecule has 2 N–H and O–H groups in total. The number of benzene rings is 2. The molecule has 0 saturated carbocycles. The monoisotopic (exact) mass is 464 g/mol. The lowest BCUT2D eigenvalue weighted by Gasteiger charge is -2.33. The fourth-order valence-electron chi connectivity index (χ4n) is 4.36. The molecule has 4 aromatic rings. The van der Waals surface area contributed by atoms with Crippen LogP contribution in [0, 0.1) is 0 Å². The van der Waals surface area contributed by atoms with Gasteiger partial charge in [-0.3, -0.25) is 14.3 Å². The van der Waals surface area contributed by atoms with Crippen LogP contribution >= 0.6 is 0 Å². The Morgan fingerprint density at radius 3 is 2.56 bits per heavy atom. The number of aliphatic hydroxyl groups is 1. The molecule has 2 aromatic heterocycles. The van der Waals surface area contributed by atoms with Gasteiger partial charge in [-0.1, -0.05) is 30.3 Å². The van der Waals surface area contributed by atoms with Crippen LogP contribution in [0.25, 0.3) is 21.9 Å². The van der Waals surface area contributed by atoms with Gasteiger partial charge >= 0.3 is 5.69 Å². The zero-order chi connectivity index (χ0) is 23.8. The van der Waals surface area contributed by atoms with Gasteiger partial charge in [0.1, 0.15) is 18.5 Å². The van der Waals surface area contributed by atoms with Crippen molar-refractivity contribution in [3.05, 3.63) is 63.3 Å². The number of aliphatic hydroxyl groups excluding tert-OH is 1. The number of nitrogens with one attached hydrogen (secondary N) is 1. The fraction of sp³-hybridized carbons (Fsp3) is 0.375. The molecular weight excluding hydrogens is 436 g/mol. The van der Waals surface area contributed by atoms with Crippen molar-refractivity contribution in [1.29, 1.82) is 0 Å². The molecule has 0 radical (unpaired) electrons. The van der Waals surface area contributed by atoms with Gasteiger partial charge in [-0.15, -0.1) is 0 Å². The average molecular weight is 465 g/mol. The summed E-state index contributed by atoms with van der Waals surface area (Å²) in [7, 11) is 3.63. The van der Waals surface area contributed by atoms with E-state index >= 15 is 0 Å². The van der Waals surface area contributed by atoms with Crippen molar-refractivity contribution >= 4 is 27.9 Å². The summed E-state index contributed by atoms with van der Waals surface area (Å²) in [5.41, 5.74) is -0.480. The smallest absolute Gasteiger partial charge is 0.329 e. The number of hydrogen-bond donors (Lipinski definition) is 2. The number of H-pyrrole nitrogens is 1. The first kappa shape index (κ1) is 22.2. The number of piperazine rings is 1. The Balaban J connectivity index is 1.43. The van der Waals surface area contributed by atoms with E-state index in [2.05, 4.69) is 26.8 Å². The number of hydrogen-bond acceptors (Lipinski definition) is 7. The van der Waals surface area contributed by atoms with Gasteiger partial charge in [0, 0.05) is 33.2 Å². The molecule has 1 fully saturated rings. The number of aromatic nitrogens is 4. The van der Waals surface area contributed by atoms with Crippen molar-refractivity contribution in [3.63, 3.8) is 0 Å². The van der Waals surface area contributed by atoms with Gasteiger partial charge in [-0.25, -0.2) is 4.79 Å². The Morgan fingerprint density at radius 1 is 1.06 bits per heavy atom. The van der Waals surface area contributed by atoms with Crippen LogP contribution in [0.15, 0.2) is 52.1 Å². The van der Waals surface area contributed by atoms with E-state index in [0.717, 1.165) is 37.0 Å². The van der Waals surface area contributed by atoms with E-state index in [1.807, 2.05) is 42.5 Å². The molecule has 10 heteroatoms. The molecule has 0 unspecified atom stereocenters. The number of rotatable bonds is 6. The average Bonchev–Trinajstić information content (AvgIpc) is 3.21. The number of nitrogens with zero attached hydrogens (tertiary/aromatic N) is 5. The first-order chi connectivity index (χ1) is 16.4. The summed E-state index contributed by atoms with van der Waals surface area (Å²) in [6.45, 7) is 3.32. The highest BCUT2D eigenvalue weighted by atomic mass is 16.5. The highest BCUT2D eigenvalue weighted by Gasteiger charge is 2.25. The number of aromatic amines is 1. The zero-order valence-electron chi connectivity index (χ0n) is 19.3. The minimum atomic E-state index is -0.897. The molecule has 5 rings (SSSR count). The zero-order valence-corrected chi connectivity index (χ0v) is 19.3. The van der Waals surface area contributed by atoms with Crippen molar-refractivity contribution in [2.75, 3.05) is 44.7 Å². The van der Waals surface area contributed by atoms with Crippen LogP contribution < -0.4 is 20.9 Å². The van der Waals surface area contributed by atoms with E-state index in [1.54, 1.807) is 11.6 Å². The molecular formula is C24H28N6O4. The van der Waals surface area contributed by atoms with E-state index in [-0.39, 0.29) is 18.7 Å². The van der Waals surface area contributed by atoms with Crippen LogP contribution in [0.5, 0.6) is 5.75 Å². The standard InChI is InChI=1S/C24H28N6O4/c1-27-9-11-29(12-10-27)23-25-21-20(22(32)26-24(33)28(21)2)30(23)14-18(31)15-34-19-8-7-16-5-3-4-6-17(16)13-19/h3-8,13,18,31H,9-12,14-15H2,1-2H3,(H,26,32,33)/t18-/m0/s1. The highest BCUT2D eigenvalue weighted by Crippen LogP contribution is 2.23. The Kier molecular flexibility index (Phi) is 5.84. The molecule has 0 amide bonds. The summed E-state index contributed by atoms with van der Waals surface area (Å²) in [5.74, 6) is 1.23. The van der Waals surface area contributed by atoms with Crippen LogP contribution in [0.1, 0.15) is 0 Å². The van der Waals surface area contributed by atoms with Gasteiger partial charge < -0.3 is 24.2 Å². The molecule has 178 valence electrons. The molecule has 0 aliphatic carbocycles. The van der Waals surface area contributed by atoms with E-state index < -0.39 is 17.4 Å². The lowest BCUT2D eigenvalue weighted by Crippen LogP contribution is -2.45. The minimum absolute atomic E-state index is 0.0455. The maximum atomic E-state index is 12.7. The maximum Gasteiger partial charge on any atom is 0.329 e. The van der Waals surface area contributed by atoms with E-state index in [9.17, 15) is 14.7 Å². The van der Waals surface area contributed by atoms with Crippen molar-refractivity contribution in [3.8, 4) is 5.75 Å². The third kappa shape index (κ3) is 4.17. The Hall–Kier alpha value is -3.63. The summed E-state index contributed by atoms with van der Waals surface area (Å²) < 4.78 is 8.89. The third-order valence-electron chi connectivity index (χ3n) is 6.33. The van der Waals surface area contributed by atoms with Gasteiger partial charge in [-0.2, -0.15) is 4.98 Å². The molecule has 1 aliphatic heterocycles. The van der Waals surface area contributed by atoms with Crippen LogP contribution in [-0.4, -0.2) is 75.0 Å². The van der Waals surface area contributed by atoms with Crippen LogP contribution in [0.3, 0.4) is 0 Å². The first-order valence-corrected chi connectivity index (χ1v) is 11.3. The first-order valence-electron chi connectivity index (χ1n) is 11.3. The van der Waals surface area contributed by atoms with Crippen molar-refractivity contribution in [2.24, 2.45) is 7.05 Å². The Bertz CT molecular complexity index is 1450. The summed E-state index contributed by atoms with van der Waals surface area (Å²) in [5, 5.41) is 13.0. The van der Waals surface area contributed by atoms with Crippen LogP contribution in [0.4, 0.5) is 5.95 Å². The largest absolute Gasteiger partial charge is 0.491 e. The molecule has 10 nitrogen and oxygen atoms in total. The van der Waals surface area contributed by atoms with E-state index in [1.165, 1.54) is 4.57 Å². The predicted molar refractivity (Wildman–Crippen MR) is 131 cm³/mol. The molecule has 0 bridgehead atoms. The van der Waals surface area contributed by atoms with Crippen LogP contribution in [-0.2, 0) is 13.6 Å². The molecule has 0 spiro atoms. The normalized spacial score (nSPS) is 15.8. The second-order valence-electron chi connectivity index (χ2n) is 8.78. The molecule has 1 aliphatic rings. The van der Waals surface area contributed by atoms with Crippen molar-refractivity contribution in [2.45, 2.75) is 12.6 Å². The molecule has 2 aromatic carbocycles. The third-order valence-corrected chi connectivity index (χ3v) is 6.33. The Labute approximate surface area is 195 Å². The summed E-state index contributed by atoms with van der Waals surface area (Å²) >= 11 is 0. The van der Waals surface area contributed by atoms with Gasteiger partial charge in [0.05, 0.1) is 6.54 Å². The number of imidazole rings is 1. The number of ether oxygens (including phenoxy) is 1. The van der Waals surface area contributed by atoms with Gasteiger partial charge in [0.15, 0.2) is 11.2 Å². The second kappa shape index (κ2) is 8.96. The lowest BCUT2D eigenvalue weighted by molar-refractivity contribution is 0.0936. The quantitative estimate of drug-likeness (QED) is 0.434. The van der Waals surface area contributed by atoms with E-state index in [4.69, 9.17) is 4.74 Å². The van der Waals surface area contributed by atoms with Crippen molar-refractivity contribution in [1.82, 2.24) is 24.0 Å². The number of anilines is 1. The topological polar surface area (TPSA) is 109 Å². The van der Waals surface area contributed by atoms with Crippen molar-refractivity contribution < 1.29 is 9.84 Å². The Morgan fingerprint density at radius 2 is 1.79 bits per heavy atom. The molecule has 3 heterocycles. The fourth-order valence-corrected chi connectivity index (χ4v) is 4.36. The summed E-state index contributed by atoms with van der Waals surface area (Å²) in [6.07, 6.45) is -0.897. The molecule has 1 atom stereocenters. The number of likely N-dealkylation sites (N-methyl/N-ethyl adjacent to an activating group) is 1. The van der Waals surface area contributed by atoms with Gasteiger partial charge in [0.2, 0.25) is 5.95 Å². The number of aryl methyl sites for hydroxylation is 1. The van der Waals surface area contributed by atoms with Gasteiger partial charge in [-0.05, 0) is 30.0 Å². The molecule has 34 heavy (non-hydrogen) atoms. The maximum absolute atomic E-state index is 12.7. The number of fused-ring (bicyclic) bond motifs is 2. The SMILES string of the molecule is CN1CCN(c2nc3c(c(=O)[nH]c(=O)n3C)n2C[C@H](O)COc2ccc3ccccc3c2)CC1. The van der Waals surface area contributed by atoms with Crippen LogP contribution in [0.2, 0.25) is 0 Å². The second-order valence-corrected chi connectivity index (χ2v) is 8.78. The lowest BCUT2D eigenvalue weighted by atomic mass is 10.1. The molecule has 1 saturated heterocycles. The van der Waals surface area contributed by atoms with E-state index in [0.29, 0.717) is 17.3 Å². The highest BCUT2D eigenvalue weighted by molar-refractivity contribution is 5.83. The predicted octanol–water partition coefficient (Wildman–Crippen LogP) is 0.768. The summed E-state index contributed by atoms with van der Waals surface area (Å²) in [4.78, 5) is 36.2. The van der Waals surface area contributed by atoms with Gasteiger partial charge in [0.25, 0.3) is 5.56 Å².